The summed E-state index contributed by atoms with van der Waals surface area (Å²) in [6.07, 6.45) is 4.96. The van der Waals surface area contributed by atoms with Gasteiger partial charge in [-0.2, -0.15) is 5.10 Å². The minimum absolute atomic E-state index is 0. The molecule has 0 aliphatic rings. The average molecular weight is 367 g/mol. The van der Waals surface area contributed by atoms with Gasteiger partial charge in [0.05, 0.1) is 25.4 Å². The lowest BCUT2D eigenvalue weighted by Gasteiger charge is -2.26. The SMILES string of the molecule is CCC(N)(CC)CNC(=O)c1cnn(Cc2ccc(OC)cc2)c1.Cl. The number of amides is 1. The van der Waals surface area contributed by atoms with Crippen molar-refractivity contribution in [2.45, 2.75) is 38.8 Å². The van der Waals surface area contributed by atoms with Crippen LogP contribution >= 0.6 is 12.4 Å². The van der Waals surface area contributed by atoms with Crippen molar-refractivity contribution in [3.05, 3.63) is 47.8 Å². The highest BCUT2D eigenvalue weighted by Crippen LogP contribution is 2.13. The maximum atomic E-state index is 12.2. The van der Waals surface area contributed by atoms with Crippen molar-refractivity contribution in [1.29, 1.82) is 0 Å². The minimum Gasteiger partial charge on any atom is -0.497 e. The molecule has 0 fully saturated rings. The molecule has 0 radical (unpaired) electrons. The molecule has 0 unspecified atom stereocenters. The summed E-state index contributed by atoms with van der Waals surface area (Å²) in [5, 5.41) is 7.15. The number of rotatable bonds is 8. The van der Waals surface area contributed by atoms with E-state index in [1.807, 2.05) is 38.1 Å². The number of nitrogens with one attached hydrogen (secondary N) is 1. The fraction of sp³-hybridized carbons (Fsp3) is 0.444. The molecule has 25 heavy (non-hydrogen) atoms. The molecule has 0 atom stereocenters. The number of carbonyl (C=O) groups excluding carboxylic acids is 1. The Balaban J connectivity index is 0.00000312. The van der Waals surface area contributed by atoms with Gasteiger partial charge in [-0.05, 0) is 30.5 Å². The lowest BCUT2D eigenvalue weighted by Crippen LogP contribution is -2.49. The maximum absolute atomic E-state index is 12.2. The lowest BCUT2D eigenvalue weighted by molar-refractivity contribution is 0.0942. The van der Waals surface area contributed by atoms with Crippen LogP contribution in [0.4, 0.5) is 0 Å². The summed E-state index contributed by atoms with van der Waals surface area (Å²) >= 11 is 0. The van der Waals surface area contributed by atoms with Crippen LogP contribution in [0.5, 0.6) is 5.75 Å². The molecule has 0 saturated carbocycles. The Bertz CT molecular complexity index is 666. The van der Waals surface area contributed by atoms with Crippen LogP contribution in [0, 0.1) is 0 Å². The Morgan fingerprint density at radius 2 is 1.92 bits per heavy atom. The van der Waals surface area contributed by atoms with Gasteiger partial charge in [-0.15, -0.1) is 12.4 Å². The van der Waals surface area contributed by atoms with E-state index in [4.69, 9.17) is 10.5 Å². The zero-order valence-corrected chi connectivity index (χ0v) is 15.8. The minimum atomic E-state index is -0.352. The third kappa shape index (κ3) is 5.76. The topological polar surface area (TPSA) is 82.2 Å². The van der Waals surface area contributed by atoms with E-state index >= 15 is 0 Å². The molecule has 0 aliphatic heterocycles. The molecule has 1 amide bonds. The Morgan fingerprint density at radius 3 is 2.48 bits per heavy atom. The van der Waals surface area contributed by atoms with E-state index in [0.29, 0.717) is 18.7 Å². The quantitative estimate of drug-likeness (QED) is 0.752. The Morgan fingerprint density at radius 1 is 1.28 bits per heavy atom. The number of nitrogens with two attached hydrogens (primary N) is 1. The lowest BCUT2D eigenvalue weighted by atomic mass is 9.94. The van der Waals surface area contributed by atoms with Crippen LogP contribution in [0.2, 0.25) is 0 Å². The molecule has 6 nitrogen and oxygen atoms in total. The van der Waals surface area contributed by atoms with Gasteiger partial charge in [0.2, 0.25) is 0 Å². The largest absolute Gasteiger partial charge is 0.497 e. The molecule has 0 spiro atoms. The summed E-state index contributed by atoms with van der Waals surface area (Å²) < 4.78 is 6.88. The van der Waals surface area contributed by atoms with E-state index in [1.54, 1.807) is 24.2 Å². The Kier molecular flexibility index (Phi) is 7.93. The van der Waals surface area contributed by atoms with E-state index in [9.17, 15) is 4.79 Å². The van der Waals surface area contributed by atoms with Gasteiger partial charge in [0.25, 0.3) is 5.91 Å². The molecule has 138 valence electrons. The van der Waals surface area contributed by atoms with Crippen molar-refractivity contribution >= 4 is 18.3 Å². The van der Waals surface area contributed by atoms with Crippen LogP contribution in [-0.2, 0) is 6.54 Å². The average Bonchev–Trinajstić information content (AvgIpc) is 3.08. The molecule has 3 N–H and O–H groups in total. The molecule has 0 saturated heterocycles. The number of aromatic nitrogens is 2. The molecule has 7 heteroatoms. The van der Waals surface area contributed by atoms with E-state index in [2.05, 4.69) is 10.4 Å². The number of nitrogens with zero attached hydrogens (tertiary/aromatic N) is 2. The highest BCUT2D eigenvalue weighted by molar-refractivity contribution is 5.93. The van der Waals surface area contributed by atoms with Gasteiger partial charge >= 0.3 is 0 Å². The van der Waals surface area contributed by atoms with E-state index in [-0.39, 0.29) is 23.9 Å². The number of halogens is 1. The molecule has 1 heterocycles. The second-order valence-electron chi connectivity index (χ2n) is 6.03. The summed E-state index contributed by atoms with van der Waals surface area (Å²) in [5.74, 6) is 0.670. The summed E-state index contributed by atoms with van der Waals surface area (Å²) in [6, 6.07) is 7.77. The third-order valence-electron chi connectivity index (χ3n) is 4.41. The molecular weight excluding hydrogens is 340 g/mol. The second-order valence-corrected chi connectivity index (χ2v) is 6.03. The summed E-state index contributed by atoms with van der Waals surface area (Å²) in [7, 11) is 1.64. The van der Waals surface area contributed by atoms with Crippen molar-refractivity contribution in [1.82, 2.24) is 15.1 Å². The zero-order chi connectivity index (χ0) is 17.6. The van der Waals surface area contributed by atoms with Gasteiger partial charge < -0.3 is 15.8 Å². The number of benzene rings is 1. The van der Waals surface area contributed by atoms with Crippen LogP contribution in [-0.4, -0.2) is 34.9 Å². The number of hydrogen-bond acceptors (Lipinski definition) is 4. The van der Waals surface area contributed by atoms with Crippen LogP contribution in [0.3, 0.4) is 0 Å². The van der Waals surface area contributed by atoms with Gasteiger partial charge in [0.15, 0.2) is 0 Å². The standard InChI is InChI=1S/C18H26N4O2.ClH/c1-4-18(19,5-2)13-20-17(23)15-10-21-22(12-15)11-14-6-8-16(24-3)9-7-14;/h6-10,12H,4-5,11,13,19H2,1-3H3,(H,20,23);1H. The van der Waals surface area contributed by atoms with Gasteiger partial charge in [0.1, 0.15) is 5.75 Å². The normalized spacial score (nSPS) is 10.9. The Hall–Kier alpha value is -2.05. The van der Waals surface area contributed by atoms with Crippen molar-refractivity contribution in [3.63, 3.8) is 0 Å². The van der Waals surface area contributed by atoms with E-state index in [0.717, 1.165) is 24.2 Å². The molecular formula is C18H27ClN4O2. The monoisotopic (exact) mass is 366 g/mol. The first-order chi connectivity index (χ1) is 11.5. The molecule has 2 rings (SSSR count). The molecule has 1 aromatic carbocycles. The Labute approximate surface area is 155 Å². The van der Waals surface area contributed by atoms with Crippen LogP contribution in [0.15, 0.2) is 36.7 Å². The second kappa shape index (κ2) is 9.44. The zero-order valence-electron chi connectivity index (χ0n) is 15.0. The molecule has 0 aliphatic carbocycles. The van der Waals surface area contributed by atoms with Crippen LogP contribution < -0.4 is 15.8 Å². The predicted octanol–water partition coefficient (Wildman–Crippen LogP) is 2.61. The first-order valence-electron chi connectivity index (χ1n) is 8.22. The highest BCUT2D eigenvalue weighted by atomic mass is 35.5. The number of carbonyl (C=O) groups is 1. The van der Waals surface area contributed by atoms with Crippen molar-refractivity contribution in [3.8, 4) is 5.75 Å². The highest BCUT2D eigenvalue weighted by Gasteiger charge is 2.21. The summed E-state index contributed by atoms with van der Waals surface area (Å²) in [5.41, 5.74) is 7.48. The fourth-order valence-corrected chi connectivity index (χ4v) is 2.34. The van der Waals surface area contributed by atoms with Gasteiger partial charge in [0, 0.05) is 18.3 Å². The van der Waals surface area contributed by atoms with Crippen molar-refractivity contribution < 1.29 is 9.53 Å². The first-order valence-corrected chi connectivity index (χ1v) is 8.22. The van der Waals surface area contributed by atoms with Gasteiger partial charge in [-0.1, -0.05) is 26.0 Å². The summed E-state index contributed by atoms with van der Waals surface area (Å²) in [6.45, 7) is 5.12. The van der Waals surface area contributed by atoms with Crippen LogP contribution in [0.25, 0.3) is 0 Å². The maximum Gasteiger partial charge on any atom is 0.254 e. The predicted molar refractivity (Wildman–Crippen MR) is 101 cm³/mol. The van der Waals surface area contributed by atoms with Crippen molar-refractivity contribution in [2.24, 2.45) is 5.73 Å². The molecule has 1 aromatic heterocycles. The van der Waals surface area contributed by atoms with Crippen LogP contribution in [0.1, 0.15) is 42.6 Å². The van der Waals surface area contributed by atoms with E-state index in [1.165, 1.54) is 0 Å². The number of ether oxygens (including phenoxy) is 1. The molecule has 2 aromatic rings. The number of hydrogen-bond donors (Lipinski definition) is 2. The van der Waals surface area contributed by atoms with Crippen molar-refractivity contribution in [2.75, 3.05) is 13.7 Å². The van der Waals surface area contributed by atoms with E-state index < -0.39 is 0 Å². The molecule has 0 bridgehead atoms. The third-order valence-corrected chi connectivity index (χ3v) is 4.41. The first kappa shape index (κ1) is 21.0. The summed E-state index contributed by atoms with van der Waals surface area (Å²) in [4.78, 5) is 12.2. The number of methoxy groups -OCH3 is 1. The van der Waals surface area contributed by atoms with Gasteiger partial charge in [-0.3, -0.25) is 9.48 Å². The van der Waals surface area contributed by atoms with Gasteiger partial charge in [-0.25, -0.2) is 0 Å². The fourth-order valence-electron chi connectivity index (χ4n) is 2.34. The smallest absolute Gasteiger partial charge is 0.254 e.